The van der Waals surface area contributed by atoms with E-state index in [1.165, 1.54) is 0 Å². The molecule has 1 saturated heterocycles. The molecule has 0 atom stereocenters. The molecule has 1 aliphatic heterocycles. The van der Waals surface area contributed by atoms with Crippen LogP contribution in [0, 0.1) is 5.41 Å². The minimum absolute atomic E-state index is 0. The number of hydrogen-bond acceptors (Lipinski definition) is 3. The molecule has 0 saturated carbocycles. The van der Waals surface area contributed by atoms with Crippen molar-refractivity contribution in [3.8, 4) is 0 Å². The lowest BCUT2D eigenvalue weighted by Crippen LogP contribution is -2.66. The van der Waals surface area contributed by atoms with Gasteiger partial charge in [-0.3, -0.25) is 9.59 Å². The van der Waals surface area contributed by atoms with Crippen LogP contribution in [0.2, 0.25) is 0 Å². The fourth-order valence-corrected chi connectivity index (χ4v) is 3.57. The van der Waals surface area contributed by atoms with Gasteiger partial charge in [-0.05, 0) is 40.5 Å². The first-order chi connectivity index (χ1) is 9.65. The highest BCUT2D eigenvalue weighted by molar-refractivity contribution is 5.89. The van der Waals surface area contributed by atoms with E-state index < -0.39 is 5.41 Å². The van der Waals surface area contributed by atoms with E-state index >= 15 is 0 Å². The summed E-state index contributed by atoms with van der Waals surface area (Å²) in [5.74, 6) is 0.0487. The third-order valence-corrected chi connectivity index (χ3v) is 4.83. The van der Waals surface area contributed by atoms with E-state index in [0.29, 0.717) is 25.9 Å². The van der Waals surface area contributed by atoms with E-state index in [-0.39, 0.29) is 42.3 Å². The van der Waals surface area contributed by atoms with E-state index in [1.807, 2.05) is 46.4 Å². The molecule has 5 nitrogen and oxygen atoms in total. The number of nitrogens with zero attached hydrogens (tertiary/aromatic N) is 2. The van der Waals surface area contributed by atoms with Crippen LogP contribution in [0.3, 0.4) is 0 Å². The van der Waals surface area contributed by atoms with Crippen molar-refractivity contribution >= 4 is 24.2 Å². The fourth-order valence-electron chi connectivity index (χ4n) is 3.57. The number of nitrogens with two attached hydrogens (primary N) is 1. The predicted octanol–water partition coefficient (Wildman–Crippen LogP) is 2.03. The first-order valence-corrected chi connectivity index (χ1v) is 7.96. The Morgan fingerprint density at radius 3 is 2.14 bits per heavy atom. The van der Waals surface area contributed by atoms with Gasteiger partial charge in [0.25, 0.3) is 0 Å². The number of halogens is 1. The molecule has 6 heteroatoms. The lowest BCUT2D eigenvalue weighted by Gasteiger charge is -2.50. The van der Waals surface area contributed by atoms with Crippen molar-refractivity contribution in [2.45, 2.75) is 66.0 Å². The maximum atomic E-state index is 12.9. The summed E-state index contributed by atoms with van der Waals surface area (Å²) in [5.41, 5.74) is 4.99. The highest BCUT2D eigenvalue weighted by Gasteiger charge is 2.45. The number of amides is 2. The predicted molar refractivity (Wildman–Crippen MR) is 92.0 cm³/mol. The SMILES string of the molecule is CCC(CC)(CN)C(=O)N1CC(=O)N(C(C)C)C(C)(C)C1.Cl. The summed E-state index contributed by atoms with van der Waals surface area (Å²) >= 11 is 0. The Kier molecular flexibility index (Phi) is 7.36. The second-order valence-corrected chi connectivity index (χ2v) is 7.02. The van der Waals surface area contributed by atoms with Crippen molar-refractivity contribution in [2.75, 3.05) is 19.6 Å². The topological polar surface area (TPSA) is 66.6 Å². The Morgan fingerprint density at radius 1 is 1.32 bits per heavy atom. The Labute approximate surface area is 141 Å². The average molecular weight is 334 g/mol. The molecule has 0 aromatic rings. The van der Waals surface area contributed by atoms with Crippen LogP contribution in [0.5, 0.6) is 0 Å². The number of piperazine rings is 1. The Bertz CT molecular complexity index is 398. The van der Waals surface area contributed by atoms with E-state index in [1.54, 1.807) is 4.90 Å². The molecule has 2 N–H and O–H groups in total. The van der Waals surface area contributed by atoms with Crippen molar-refractivity contribution in [3.63, 3.8) is 0 Å². The van der Waals surface area contributed by atoms with Gasteiger partial charge in [0.15, 0.2) is 0 Å². The normalized spacial score (nSPS) is 18.5. The fraction of sp³-hybridized carbons (Fsp3) is 0.875. The zero-order chi connectivity index (χ0) is 16.4. The van der Waals surface area contributed by atoms with E-state index in [9.17, 15) is 9.59 Å². The molecule has 1 heterocycles. The van der Waals surface area contributed by atoms with Crippen LogP contribution in [-0.4, -0.2) is 52.8 Å². The lowest BCUT2D eigenvalue weighted by molar-refractivity contribution is -0.160. The smallest absolute Gasteiger partial charge is 0.242 e. The van der Waals surface area contributed by atoms with Crippen LogP contribution in [0.1, 0.15) is 54.4 Å². The minimum Gasteiger partial charge on any atom is -0.332 e. The molecular weight excluding hydrogens is 302 g/mol. The summed E-state index contributed by atoms with van der Waals surface area (Å²) in [6.07, 6.45) is 1.41. The number of hydrogen-bond donors (Lipinski definition) is 1. The highest BCUT2D eigenvalue weighted by atomic mass is 35.5. The van der Waals surface area contributed by atoms with Gasteiger partial charge in [-0.1, -0.05) is 13.8 Å². The van der Waals surface area contributed by atoms with Gasteiger partial charge >= 0.3 is 0 Å². The van der Waals surface area contributed by atoms with E-state index in [0.717, 1.165) is 0 Å². The first-order valence-electron chi connectivity index (χ1n) is 7.96. The zero-order valence-corrected chi connectivity index (χ0v) is 15.6. The van der Waals surface area contributed by atoms with Crippen molar-refractivity contribution in [2.24, 2.45) is 11.1 Å². The summed E-state index contributed by atoms with van der Waals surface area (Å²) < 4.78 is 0. The summed E-state index contributed by atoms with van der Waals surface area (Å²) in [5, 5.41) is 0. The molecule has 0 bridgehead atoms. The quantitative estimate of drug-likeness (QED) is 0.837. The van der Waals surface area contributed by atoms with Gasteiger partial charge in [0.1, 0.15) is 0 Å². The molecule has 0 unspecified atom stereocenters. The van der Waals surface area contributed by atoms with Crippen LogP contribution < -0.4 is 5.73 Å². The summed E-state index contributed by atoms with van der Waals surface area (Å²) in [7, 11) is 0. The molecule has 130 valence electrons. The van der Waals surface area contributed by atoms with Crippen LogP contribution in [0.25, 0.3) is 0 Å². The maximum Gasteiger partial charge on any atom is 0.242 e. The molecule has 0 aliphatic carbocycles. The average Bonchev–Trinajstić information content (AvgIpc) is 2.38. The van der Waals surface area contributed by atoms with Crippen LogP contribution in [-0.2, 0) is 9.59 Å². The van der Waals surface area contributed by atoms with Gasteiger partial charge in [-0.25, -0.2) is 0 Å². The summed E-state index contributed by atoms with van der Waals surface area (Å²) in [4.78, 5) is 29.0. The van der Waals surface area contributed by atoms with Crippen LogP contribution in [0.4, 0.5) is 0 Å². The van der Waals surface area contributed by atoms with Crippen molar-refractivity contribution < 1.29 is 9.59 Å². The lowest BCUT2D eigenvalue weighted by atomic mass is 9.80. The van der Waals surface area contributed by atoms with Gasteiger partial charge in [-0.2, -0.15) is 0 Å². The Morgan fingerprint density at radius 2 is 1.82 bits per heavy atom. The van der Waals surface area contributed by atoms with Gasteiger partial charge in [0.2, 0.25) is 11.8 Å². The second kappa shape index (κ2) is 7.64. The van der Waals surface area contributed by atoms with Gasteiger partial charge < -0.3 is 15.5 Å². The molecule has 0 aromatic carbocycles. The van der Waals surface area contributed by atoms with Crippen molar-refractivity contribution in [3.05, 3.63) is 0 Å². The summed E-state index contributed by atoms with van der Waals surface area (Å²) in [6.45, 7) is 13.1. The van der Waals surface area contributed by atoms with Gasteiger partial charge in [-0.15, -0.1) is 12.4 Å². The van der Waals surface area contributed by atoms with Crippen molar-refractivity contribution in [1.82, 2.24) is 9.80 Å². The summed E-state index contributed by atoms with van der Waals surface area (Å²) in [6, 6.07) is 0.140. The van der Waals surface area contributed by atoms with Crippen LogP contribution in [0.15, 0.2) is 0 Å². The third kappa shape index (κ3) is 3.74. The monoisotopic (exact) mass is 333 g/mol. The standard InChI is InChI=1S/C16H31N3O2.ClH/c1-7-16(8-2,10-17)14(21)18-9-13(20)19(12(3)4)15(5,6)11-18;/h12H,7-11,17H2,1-6H3;1H. The van der Waals surface area contributed by atoms with E-state index in [2.05, 4.69) is 0 Å². The Hall–Kier alpha value is -0.810. The molecule has 1 fully saturated rings. The van der Waals surface area contributed by atoms with Crippen LogP contribution >= 0.6 is 12.4 Å². The molecule has 0 radical (unpaired) electrons. The minimum atomic E-state index is -0.531. The number of carbonyl (C=O) groups excluding carboxylic acids is 2. The number of rotatable bonds is 5. The first kappa shape index (κ1) is 21.2. The molecule has 2 amide bonds. The molecule has 0 spiro atoms. The highest BCUT2D eigenvalue weighted by Crippen LogP contribution is 2.31. The molecule has 1 aliphatic rings. The van der Waals surface area contributed by atoms with Gasteiger partial charge in [0.05, 0.1) is 17.5 Å². The second-order valence-electron chi connectivity index (χ2n) is 7.02. The van der Waals surface area contributed by atoms with Crippen molar-refractivity contribution in [1.29, 1.82) is 0 Å². The third-order valence-electron chi connectivity index (χ3n) is 4.83. The molecule has 1 rings (SSSR count). The molecule has 22 heavy (non-hydrogen) atoms. The van der Waals surface area contributed by atoms with Gasteiger partial charge in [0, 0.05) is 19.1 Å². The molecular formula is C16H32ClN3O2. The maximum absolute atomic E-state index is 12.9. The Balaban J connectivity index is 0.00000441. The zero-order valence-electron chi connectivity index (χ0n) is 14.8. The molecule has 0 aromatic heterocycles. The van der Waals surface area contributed by atoms with E-state index in [4.69, 9.17) is 5.73 Å². The number of carbonyl (C=O) groups is 2. The largest absolute Gasteiger partial charge is 0.332 e.